The van der Waals surface area contributed by atoms with Gasteiger partial charge in [-0.05, 0) is 12.0 Å². The van der Waals surface area contributed by atoms with Gasteiger partial charge in [-0.3, -0.25) is 0 Å². The van der Waals surface area contributed by atoms with Crippen LogP contribution in [0.25, 0.3) is 0 Å². The molecule has 0 spiro atoms. The van der Waals surface area contributed by atoms with Crippen molar-refractivity contribution in [2.45, 2.75) is 45.7 Å². The Hall–Kier alpha value is -0.160. The van der Waals surface area contributed by atoms with Gasteiger partial charge in [0.1, 0.15) is 6.54 Å². The number of aromatic nitrogens is 1. The fraction of sp³-hybridized carbons (Fsp3) is 0.583. The van der Waals surface area contributed by atoms with E-state index in [1.54, 1.807) is 0 Å². The van der Waals surface area contributed by atoms with Crippen LogP contribution in [0.5, 0.6) is 0 Å². The van der Waals surface area contributed by atoms with Crippen LogP contribution in [0.15, 0.2) is 24.5 Å². The molecule has 0 saturated heterocycles. The zero-order valence-corrected chi connectivity index (χ0v) is 11.6. The fourth-order valence-corrected chi connectivity index (χ4v) is 1.49. The van der Waals surface area contributed by atoms with Crippen molar-refractivity contribution in [3.05, 3.63) is 30.1 Å². The van der Waals surface area contributed by atoms with Crippen molar-refractivity contribution in [3.8, 4) is 0 Å². The van der Waals surface area contributed by atoms with Crippen molar-refractivity contribution >= 4 is 0 Å². The van der Waals surface area contributed by atoms with Gasteiger partial charge in [0.05, 0.1) is 0 Å². The Balaban J connectivity index is 0.00000196. The van der Waals surface area contributed by atoms with E-state index in [9.17, 15) is 0 Å². The van der Waals surface area contributed by atoms with E-state index >= 15 is 0 Å². The predicted molar refractivity (Wildman–Crippen MR) is 58.7 cm³/mol. The summed E-state index contributed by atoms with van der Waals surface area (Å²) < 4.78 is 2.23. The minimum atomic E-state index is 0. The Morgan fingerprint density at radius 2 is 1.80 bits per heavy atom. The van der Waals surface area contributed by atoms with Crippen LogP contribution in [0.2, 0.25) is 0 Å². The second-order valence-electron chi connectivity index (χ2n) is 3.71. The molecule has 0 bridgehead atoms. The first-order chi connectivity index (χ1) is 6.86. The van der Waals surface area contributed by atoms with Gasteiger partial charge < -0.3 is 29.7 Å². The van der Waals surface area contributed by atoms with E-state index in [4.69, 9.17) is 5.73 Å². The third-order valence-corrected chi connectivity index (χ3v) is 2.47. The molecule has 1 aromatic heterocycles. The van der Waals surface area contributed by atoms with Crippen molar-refractivity contribution in [1.82, 2.24) is 0 Å². The van der Waals surface area contributed by atoms with E-state index in [0.29, 0.717) is 6.54 Å². The van der Waals surface area contributed by atoms with Crippen molar-refractivity contribution in [2.24, 2.45) is 5.73 Å². The summed E-state index contributed by atoms with van der Waals surface area (Å²) in [5, 5.41) is 0. The number of nitrogens with two attached hydrogens (primary N) is 1. The molecule has 2 nitrogen and oxygen atoms in total. The molecule has 1 aromatic rings. The molecule has 2 N–H and O–H groups in total. The van der Waals surface area contributed by atoms with Gasteiger partial charge in [-0.2, -0.15) is 0 Å². The highest BCUT2D eigenvalue weighted by Gasteiger charge is 1.99. The minimum Gasteiger partial charge on any atom is -1.00 e. The summed E-state index contributed by atoms with van der Waals surface area (Å²) in [7, 11) is 0. The van der Waals surface area contributed by atoms with Gasteiger partial charge in [0, 0.05) is 25.1 Å². The van der Waals surface area contributed by atoms with E-state index in [1.807, 2.05) is 0 Å². The first-order valence-electron chi connectivity index (χ1n) is 5.55. The number of halogens is 1. The summed E-state index contributed by atoms with van der Waals surface area (Å²) in [6, 6.07) is 4.19. The number of aryl methyl sites for hydroxylation is 1. The van der Waals surface area contributed by atoms with Gasteiger partial charge >= 0.3 is 0 Å². The van der Waals surface area contributed by atoms with Crippen LogP contribution >= 0.6 is 0 Å². The lowest BCUT2D eigenvalue weighted by atomic mass is 10.2. The number of rotatable bonds is 6. The van der Waals surface area contributed by atoms with Crippen LogP contribution in [-0.4, -0.2) is 0 Å². The Labute approximate surface area is 110 Å². The van der Waals surface area contributed by atoms with Crippen LogP contribution in [0.4, 0.5) is 0 Å². The van der Waals surface area contributed by atoms with Crippen LogP contribution < -0.4 is 34.3 Å². The largest absolute Gasteiger partial charge is 1.00 e. The number of nitrogens with zero attached hydrogens (tertiary/aromatic N) is 1. The average molecular weight is 320 g/mol. The minimum absolute atomic E-state index is 0. The SMILES string of the molecule is CCCCCC[n+]1ccc(CN)cc1.[I-]. The van der Waals surface area contributed by atoms with Crippen LogP contribution in [0.1, 0.15) is 38.2 Å². The molecule has 0 saturated carbocycles. The maximum Gasteiger partial charge on any atom is 0.169 e. The molecule has 0 amide bonds. The van der Waals surface area contributed by atoms with Crippen LogP contribution in [-0.2, 0) is 13.1 Å². The van der Waals surface area contributed by atoms with E-state index in [-0.39, 0.29) is 24.0 Å². The monoisotopic (exact) mass is 320 g/mol. The van der Waals surface area contributed by atoms with Crippen LogP contribution in [0.3, 0.4) is 0 Å². The quantitative estimate of drug-likeness (QED) is 0.407. The molecular formula is C12H21IN2. The van der Waals surface area contributed by atoms with E-state index in [1.165, 1.54) is 31.2 Å². The number of pyridine rings is 1. The lowest BCUT2D eigenvalue weighted by molar-refractivity contribution is -0.697. The Kier molecular flexibility index (Phi) is 9.00. The first-order valence-corrected chi connectivity index (χ1v) is 5.55. The highest BCUT2D eigenvalue weighted by Crippen LogP contribution is 1.98. The second kappa shape index (κ2) is 9.09. The van der Waals surface area contributed by atoms with Crippen LogP contribution in [0, 0.1) is 0 Å². The summed E-state index contributed by atoms with van der Waals surface area (Å²) in [5.74, 6) is 0. The van der Waals surface area contributed by atoms with Gasteiger partial charge in [0.2, 0.25) is 0 Å². The molecular weight excluding hydrogens is 299 g/mol. The normalized spacial score (nSPS) is 9.73. The van der Waals surface area contributed by atoms with Crippen molar-refractivity contribution in [1.29, 1.82) is 0 Å². The molecule has 0 aliphatic rings. The summed E-state index contributed by atoms with van der Waals surface area (Å²) in [6.07, 6.45) is 9.50. The van der Waals surface area contributed by atoms with Gasteiger partial charge in [-0.1, -0.05) is 19.8 Å². The predicted octanol–water partition coefficient (Wildman–Crippen LogP) is -0.983. The molecule has 0 unspecified atom stereocenters. The van der Waals surface area contributed by atoms with Gasteiger partial charge in [-0.15, -0.1) is 0 Å². The molecule has 15 heavy (non-hydrogen) atoms. The topological polar surface area (TPSA) is 29.9 Å². The molecule has 86 valence electrons. The molecule has 0 fully saturated rings. The van der Waals surface area contributed by atoms with Crippen molar-refractivity contribution < 1.29 is 28.5 Å². The number of hydrogen-bond acceptors (Lipinski definition) is 1. The molecule has 1 rings (SSSR count). The maximum atomic E-state index is 5.53. The zero-order chi connectivity index (χ0) is 10.2. The lowest BCUT2D eigenvalue weighted by Crippen LogP contribution is -3.00. The van der Waals surface area contributed by atoms with Gasteiger partial charge in [0.15, 0.2) is 12.4 Å². The Morgan fingerprint density at radius 3 is 2.33 bits per heavy atom. The van der Waals surface area contributed by atoms with Crippen molar-refractivity contribution in [3.63, 3.8) is 0 Å². The third-order valence-electron chi connectivity index (χ3n) is 2.47. The molecule has 0 aliphatic heterocycles. The summed E-state index contributed by atoms with van der Waals surface area (Å²) in [6.45, 7) is 4.00. The molecule has 0 radical (unpaired) electrons. The Morgan fingerprint density at radius 1 is 1.13 bits per heavy atom. The summed E-state index contributed by atoms with van der Waals surface area (Å²) >= 11 is 0. The summed E-state index contributed by atoms with van der Waals surface area (Å²) in [5.41, 5.74) is 6.73. The van der Waals surface area contributed by atoms with E-state index in [2.05, 4.69) is 36.0 Å². The molecule has 1 heterocycles. The highest BCUT2D eigenvalue weighted by atomic mass is 127. The fourth-order valence-electron chi connectivity index (χ4n) is 1.49. The average Bonchev–Trinajstić information content (AvgIpc) is 2.25. The maximum absolute atomic E-state index is 5.53. The highest BCUT2D eigenvalue weighted by molar-refractivity contribution is 5.05. The Bertz CT molecular complexity index is 246. The number of hydrogen-bond donors (Lipinski definition) is 1. The molecule has 0 atom stereocenters. The van der Waals surface area contributed by atoms with E-state index < -0.39 is 0 Å². The van der Waals surface area contributed by atoms with Gasteiger partial charge in [-0.25, -0.2) is 4.57 Å². The second-order valence-corrected chi connectivity index (χ2v) is 3.71. The lowest BCUT2D eigenvalue weighted by Gasteiger charge is -1.98. The number of unbranched alkanes of at least 4 members (excludes halogenated alkanes) is 3. The third kappa shape index (κ3) is 6.10. The van der Waals surface area contributed by atoms with Crippen molar-refractivity contribution in [2.75, 3.05) is 0 Å². The molecule has 3 heteroatoms. The van der Waals surface area contributed by atoms with E-state index in [0.717, 1.165) is 6.54 Å². The first kappa shape index (κ1) is 14.8. The summed E-state index contributed by atoms with van der Waals surface area (Å²) in [4.78, 5) is 0. The smallest absolute Gasteiger partial charge is 0.169 e. The standard InChI is InChI=1S/C12H21N2.HI/c1-2-3-4-5-8-14-9-6-12(11-13)7-10-14;/h6-7,9-10H,2-5,8,11,13H2,1H3;1H/q+1;/p-1. The zero-order valence-electron chi connectivity index (χ0n) is 9.45. The molecule has 0 aliphatic carbocycles. The molecule has 0 aromatic carbocycles. The van der Waals surface area contributed by atoms with Gasteiger partial charge in [0.25, 0.3) is 0 Å².